The number of rotatable bonds is 8. The van der Waals surface area contributed by atoms with Gasteiger partial charge in [0.15, 0.2) is 17.5 Å². The Morgan fingerprint density at radius 1 is 1.29 bits per heavy atom. The van der Waals surface area contributed by atoms with Crippen LogP contribution in [0.5, 0.6) is 5.75 Å². The Labute approximate surface area is 126 Å². The maximum Gasteiger partial charge on any atom is 0.191 e. The third-order valence-electron chi connectivity index (χ3n) is 3.13. The highest BCUT2D eigenvalue weighted by Crippen LogP contribution is 2.17. The van der Waals surface area contributed by atoms with Crippen LogP contribution in [0.1, 0.15) is 33.1 Å². The quantitative estimate of drug-likeness (QED) is 0.440. The second-order valence-electron chi connectivity index (χ2n) is 4.81. The van der Waals surface area contributed by atoms with Crippen LogP contribution >= 0.6 is 0 Å². The summed E-state index contributed by atoms with van der Waals surface area (Å²) in [5.74, 6) is 0.709. The van der Waals surface area contributed by atoms with E-state index in [1.165, 1.54) is 6.07 Å². The van der Waals surface area contributed by atoms with E-state index in [1.807, 2.05) is 6.92 Å². The number of ether oxygens (including phenoxy) is 1. The van der Waals surface area contributed by atoms with Gasteiger partial charge >= 0.3 is 0 Å². The fourth-order valence-corrected chi connectivity index (χ4v) is 1.80. The van der Waals surface area contributed by atoms with Crippen LogP contribution in [0.25, 0.3) is 0 Å². The number of benzene rings is 1. The molecule has 0 aliphatic carbocycles. The fraction of sp³-hybridized carbons (Fsp3) is 0.562. The first-order valence-corrected chi connectivity index (χ1v) is 7.56. The molecule has 0 aliphatic heterocycles. The number of aliphatic imine (C=N–C) groups is 1. The molecule has 1 atom stereocenters. The van der Waals surface area contributed by atoms with Crippen LogP contribution in [0.3, 0.4) is 0 Å². The van der Waals surface area contributed by atoms with Gasteiger partial charge in [-0.3, -0.25) is 4.99 Å². The van der Waals surface area contributed by atoms with Gasteiger partial charge in [-0.2, -0.15) is 0 Å². The molecule has 4 nitrogen and oxygen atoms in total. The van der Waals surface area contributed by atoms with Crippen molar-refractivity contribution in [3.8, 4) is 5.75 Å². The van der Waals surface area contributed by atoms with Crippen LogP contribution in [-0.2, 0) is 0 Å². The minimum Gasteiger partial charge on any atom is -0.486 e. The summed E-state index contributed by atoms with van der Waals surface area (Å²) < 4.78 is 19.3. The third-order valence-corrected chi connectivity index (χ3v) is 3.13. The minimum atomic E-state index is -0.332. The topological polar surface area (TPSA) is 45.7 Å². The van der Waals surface area contributed by atoms with Gasteiger partial charge < -0.3 is 15.4 Å². The van der Waals surface area contributed by atoms with Gasteiger partial charge in [-0.1, -0.05) is 32.4 Å². The Morgan fingerprint density at radius 2 is 2.05 bits per heavy atom. The molecule has 1 unspecified atom stereocenters. The maximum absolute atomic E-state index is 13.6. The summed E-state index contributed by atoms with van der Waals surface area (Å²) in [6.07, 6.45) is 2.92. The lowest BCUT2D eigenvalue weighted by Crippen LogP contribution is -2.42. The lowest BCUT2D eigenvalue weighted by Gasteiger charge is -2.20. The summed E-state index contributed by atoms with van der Waals surface area (Å²) in [7, 11) is 1.74. The molecular formula is C16H26FN3O. The molecule has 2 N–H and O–H groups in total. The summed E-state index contributed by atoms with van der Waals surface area (Å²) in [4.78, 5) is 4.16. The van der Waals surface area contributed by atoms with Crippen molar-refractivity contribution >= 4 is 5.96 Å². The maximum atomic E-state index is 13.6. The Kier molecular flexibility index (Phi) is 8.24. The van der Waals surface area contributed by atoms with Crippen molar-refractivity contribution in [2.75, 3.05) is 20.1 Å². The molecule has 21 heavy (non-hydrogen) atoms. The Balaban J connectivity index is 2.45. The molecule has 0 aliphatic rings. The zero-order valence-corrected chi connectivity index (χ0v) is 13.2. The highest BCUT2D eigenvalue weighted by molar-refractivity contribution is 5.79. The molecule has 0 spiro atoms. The van der Waals surface area contributed by atoms with Crippen molar-refractivity contribution < 1.29 is 9.13 Å². The molecule has 118 valence electrons. The van der Waals surface area contributed by atoms with E-state index >= 15 is 0 Å². The van der Waals surface area contributed by atoms with Gasteiger partial charge in [-0.15, -0.1) is 0 Å². The zero-order valence-electron chi connectivity index (χ0n) is 13.2. The van der Waals surface area contributed by atoms with Gasteiger partial charge in [0, 0.05) is 13.6 Å². The lowest BCUT2D eigenvalue weighted by molar-refractivity contribution is 0.191. The molecule has 0 bridgehead atoms. The zero-order chi connectivity index (χ0) is 15.5. The molecule has 0 fully saturated rings. The molecule has 1 rings (SSSR count). The Morgan fingerprint density at radius 3 is 2.67 bits per heavy atom. The number of nitrogens with zero attached hydrogens (tertiary/aromatic N) is 1. The summed E-state index contributed by atoms with van der Waals surface area (Å²) in [5.41, 5.74) is 0. The highest BCUT2D eigenvalue weighted by atomic mass is 19.1. The number of guanidine groups is 1. The first-order valence-electron chi connectivity index (χ1n) is 7.56. The average molecular weight is 295 g/mol. The number of hydrogen-bond donors (Lipinski definition) is 2. The normalized spacial score (nSPS) is 12.9. The van der Waals surface area contributed by atoms with E-state index in [-0.39, 0.29) is 11.9 Å². The molecule has 0 saturated heterocycles. The van der Waals surface area contributed by atoms with Gasteiger partial charge in [0.1, 0.15) is 6.10 Å². The standard InChI is InChI=1S/C16H26FN3O/c1-4-6-11-19-16(18-3)20-12-13(5-2)21-15-10-8-7-9-14(15)17/h7-10,13H,4-6,11-12H2,1-3H3,(H2,18,19,20). The van der Waals surface area contributed by atoms with Gasteiger partial charge in [-0.05, 0) is 25.0 Å². The fourth-order valence-electron chi connectivity index (χ4n) is 1.80. The van der Waals surface area contributed by atoms with Crippen molar-refractivity contribution in [3.63, 3.8) is 0 Å². The summed E-state index contributed by atoms with van der Waals surface area (Å²) in [6.45, 7) is 5.63. The number of hydrogen-bond acceptors (Lipinski definition) is 2. The average Bonchev–Trinajstić information content (AvgIpc) is 2.51. The predicted octanol–water partition coefficient (Wildman–Crippen LogP) is 2.95. The number of para-hydroxylation sites is 1. The summed E-state index contributed by atoms with van der Waals surface area (Å²) in [6, 6.07) is 6.47. The van der Waals surface area contributed by atoms with E-state index in [9.17, 15) is 4.39 Å². The van der Waals surface area contributed by atoms with E-state index in [1.54, 1.807) is 25.2 Å². The molecule has 0 radical (unpaired) electrons. The van der Waals surface area contributed by atoms with E-state index < -0.39 is 0 Å². The molecule has 1 aromatic carbocycles. The van der Waals surface area contributed by atoms with Gasteiger partial charge in [0.05, 0.1) is 6.54 Å². The Bertz CT molecular complexity index is 437. The first kappa shape index (κ1) is 17.3. The molecule has 5 heteroatoms. The molecule has 1 aromatic rings. The Hall–Kier alpha value is -1.78. The molecule has 0 heterocycles. The highest BCUT2D eigenvalue weighted by Gasteiger charge is 2.11. The van der Waals surface area contributed by atoms with Crippen LogP contribution in [0.15, 0.2) is 29.3 Å². The molecular weight excluding hydrogens is 269 g/mol. The van der Waals surface area contributed by atoms with Gasteiger partial charge in [-0.25, -0.2) is 4.39 Å². The lowest BCUT2D eigenvalue weighted by atomic mass is 10.2. The van der Waals surface area contributed by atoms with Crippen molar-refractivity contribution in [2.24, 2.45) is 4.99 Å². The van der Waals surface area contributed by atoms with Crippen molar-refractivity contribution in [2.45, 2.75) is 39.2 Å². The second-order valence-corrected chi connectivity index (χ2v) is 4.81. The number of halogens is 1. The predicted molar refractivity (Wildman–Crippen MR) is 85.4 cm³/mol. The van der Waals surface area contributed by atoms with Crippen molar-refractivity contribution in [1.29, 1.82) is 0 Å². The largest absolute Gasteiger partial charge is 0.486 e. The van der Waals surface area contributed by atoms with Gasteiger partial charge in [0.2, 0.25) is 0 Å². The van der Waals surface area contributed by atoms with Gasteiger partial charge in [0.25, 0.3) is 0 Å². The summed E-state index contributed by atoms with van der Waals surface area (Å²) in [5, 5.41) is 6.44. The minimum absolute atomic E-state index is 0.105. The van der Waals surface area contributed by atoms with Crippen molar-refractivity contribution in [3.05, 3.63) is 30.1 Å². The molecule has 0 saturated carbocycles. The number of nitrogens with one attached hydrogen (secondary N) is 2. The second kappa shape index (κ2) is 10.0. The van der Waals surface area contributed by atoms with E-state index in [2.05, 4.69) is 22.5 Å². The van der Waals surface area contributed by atoms with Crippen LogP contribution in [0, 0.1) is 5.82 Å². The molecule has 0 amide bonds. The first-order chi connectivity index (χ1) is 10.2. The number of unbranched alkanes of at least 4 members (excludes halogenated alkanes) is 1. The van der Waals surface area contributed by atoms with E-state index in [0.717, 1.165) is 31.8 Å². The van der Waals surface area contributed by atoms with Crippen LogP contribution in [-0.4, -0.2) is 32.2 Å². The van der Waals surface area contributed by atoms with Crippen LogP contribution in [0.2, 0.25) is 0 Å². The monoisotopic (exact) mass is 295 g/mol. The summed E-state index contributed by atoms with van der Waals surface area (Å²) >= 11 is 0. The van der Waals surface area contributed by atoms with Crippen LogP contribution < -0.4 is 15.4 Å². The SMILES string of the molecule is CCCCNC(=NC)NCC(CC)Oc1ccccc1F. The molecule has 0 aromatic heterocycles. The third kappa shape index (κ3) is 6.47. The van der Waals surface area contributed by atoms with Crippen LogP contribution in [0.4, 0.5) is 4.39 Å². The van der Waals surface area contributed by atoms with E-state index in [4.69, 9.17) is 4.74 Å². The smallest absolute Gasteiger partial charge is 0.191 e. The van der Waals surface area contributed by atoms with E-state index in [0.29, 0.717) is 12.3 Å². The van der Waals surface area contributed by atoms with Crippen molar-refractivity contribution in [1.82, 2.24) is 10.6 Å².